The summed E-state index contributed by atoms with van der Waals surface area (Å²) in [5, 5.41) is 0. The van der Waals surface area contributed by atoms with Crippen molar-refractivity contribution >= 4 is 6.09 Å². The van der Waals surface area contributed by atoms with Gasteiger partial charge in [0.05, 0.1) is 19.2 Å². The number of rotatable bonds is 4. The smallest absolute Gasteiger partial charge is 0.410 e. The number of likely N-dealkylation sites (tertiary alicyclic amines) is 1. The number of halogens is 2. The van der Waals surface area contributed by atoms with Crippen LogP contribution in [-0.4, -0.2) is 36.8 Å². The van der Waals surface area contributed by atoms with Crippen molar-refractivity contribution in [2.45, 2.75) is 19.3 Å². The second-order valence-corrected chi connectivity index (χ2v) is 3.96. The summed E-state index contributed by atoms with van der Waals surface area (Å²) in [6.07, 6.45) is -1.10. The van der Waals surface area contributed by atoms with Crippen LogP contribution in [0.25, 0.3) is 0 Å². The summed E-state index contributed by atoms with van der Waals surface area (Å²) in [5.74, 6) is 0. The van der Waals surface area contributed by atoms with Gasteiger partial charge >= 0.3 is 12.7 Å². The topological polar surface area (TPSA) is 38.8 Å². The second kappa shape index (κ2) is 5.77. The van der Waals surface area contributed by atoms with E-state index in [1.807, 2.05) is 30.3 Å². The first-order valence-electron chi connectivity index (χ1n) is 5.54. The number of hydrogen-bond donors (Lipinski definition) is 0. The van der Waals surface area contributed by atoms with E-state index in [1.54, 1.807) is 0 Å². The van der Waals surface area contributed by atoms with Crippen LogP contribution in [0.1, 0.15) is 5.56 Å². The Morgan fingerprint density at radius 3 is 2.61 bits per heavy atom. The van der Waals surface area contributed by atoms with E-state index in [4.69, 9.17) is 4.74 Å². The molecule has 0 unspecified atom stereocenters. The Morgan fingerprint density at radius 2 is 2.00 bits per heavy atom. The van der Waals surface area contributed by atoms with E-state index >= 15 is 0 Å². The van der Waals surface area contributed by atoms with E-state index in [-0.39, 0.29) is 19.7 Å². The Bertz CT molecular complexity index is 394. The number of ether oxygens (including phenoxy) is 2. The number of hydrogen-bond acceptors (Lipinski definition) is 3. The van der Waals surface area contributed by atoms with Crippen LogP contribution in [-0.2, 0) is 16.1 Å². The summed E-state index contributed by atoms with van der Waals surface area (Å²) in [7, 11) is 0. The molecule has 0 spiro atoms. The van der Waals surface area contributed by atoms with E-state index in [0.29, 0.717) is 0 Å². The van der Waals surface area contributed by atoms with Crippen LogP contribution in [0.4, 0.5) is 13.6 Å². The second-order valence-electron chi connectivity index (χ2n) is 3.96. The fourth-order valence-corrected chi connectivity index (χ4v) is 1.63. The minimum Gasteiger partial charge on any atom is -0.445 e. The zero-order valence-electron chi connectivity index (χ0n) is 9.59. The van der Waals surface area contributed by atoms with Gasteiger partial charge in [0, 0.05) is 0 Å². The van der Waals surface area contributed by atoms with Gasteiger partial charge in [0.2, 0.25) is 0 Å². The van der Waals surface area contributed by atoms with Gasteiger partial charge in [-0.2, -0.15) is 8.78 Å². The van der Waals surface area contributed by atoms with Crippen molar-refractivity contribution < 1.29 is 23.0 Å². The fourth-order valence-electron chi connectivity index (χ4n) is 1.63. The van der Waals surface area contributed by atoms with Crippen molar-refractivity contribution in [3.05, 3.63) is 35.9 Å². The van der Waals surface area contributed by atoms with Gasteiger partial charge in [-0.05, 0) is 5.56 Å². The summed E-state index contributed by atoms with van der Waals surface area (Å²) in [5.41, 5.74) is 0.881. The van der Waals surface area contributed by atoms with E-state index < -0.39 is 18.8 Å². The summed E-state index contributed by atoms with van der Waals surface area (Å²) < 4.78 is 33.0. The average Bonchev–Trinajstić information content (AvgIpc) is 2.31. The van der Waals surface area contributed by atoms with Crippen molar-refractivity contribution in [2.24, 2.45) is 0 Å². The Hall–Kier alpha value is -1.69. The highest BCUT2D eigenvalue weighted by Crippen LogP contribution is 2.16. The molecule has 4 nitrogen and oxygen atoms in total. The molecule has 1 fully saturated rings. The molecule has 0 N–H and O–H groups in total. The molecule has 0 bridgehead atoms. The molecule has 0 saturated carbocycles. The summed E-state index contributed by atoms with van der Waals surface area (Å²) in [4.78, 5) is 12.8. The molecule has 1 aliphatic heterocycles. The zero-order valence-corrected chi connectivity index (χ0v) is 9.59. The molecule has 1 heterocycles. The van der Waals surface area contributed by atoms with Crippen LogP contribution in [0.2, 0.25) is 0 Å². The summed E-state index contributed by atoms with van der Waals surface area (Å²) in [6, 6.07) is 9.24. The third-order valence-corrected chi connectivity index (χ3v) is 2.61. The van der Waals surface area contributed by atoms with Gasteiger partial charge in [0.15, 0.2) is 0 Å². The predicted molar refractivity (Wildman–Crippen MR) is 59.1 cm³/mol. The molecule has 0 aliphatic carbocycles. The molecule has 6 heteroatoms. The zero-order chi connectivity index (χ0) is 13.0. The van der Waals surface area contributed by atoms with Crippen molar-refractivity contribution in [1.82, 2.24) is 4.90 Å². The standard InChI is InChI=1S/C12H13F2NO3/c13-11(14)18-10-6-15(7-10)12(16)17-8-9-4-2-1-3-5-9/h1-5,10-11H,6-8H2. The first kappa shape index (κ1) is 12.8. The lowest BCUT2D eigenvalue weighted by molar-refractivity contribution is -0.191. The van der Waals surface area contributed by atoms with Crippen LogP contribution in [0, 0.1) is 0 Å². The predicted octanol–water partition coefficient (Wildman–Crippen LogP) is 2.25. The molecule has 1 aliphatic rings. The minimum atomic E-state index is -2.79. The van der Waals surface area contributed by atoms with Crippen LogP contribution >= 0.6 is 0 Å². The first-order valence-corrected chi connectivity index (χ1v) is 5.54. The molecule has 1 amide bonds. The van der Waals surface area contributed by atoms with E-state index in [0.717, 1.165) is 5.56 Å². The lowest BCUT2D eigenvalue weighted by Crippen LogP contribution is -2.55. The normalized spacial score (nSPS) is 15.6. The number of nitrogens with zero attached hydrogens (tertiary/aromatic N) is 1. The van der Waals surface area contributed by atoms with Crippen LogP contribution in [0.5, 0.6) is 0 Å². The van der Waals surface area contributed by atoms with Crippen molar-refractivity contribution in [1.29, 1.82) is 0 Å². The van der Waals surface area contributed by atoms with Gasteiger partial charge in [-0.1, -0.05) is 30.3 Å². The third-order valence-electron chi connectivity index (χ3n) is 2.61. The van der Waals surface area contributed by atoms with E-state index in [1.165, 1.54) is 4.90 Å². The van der Waals surface area contributed by atoms with E-state index in [9.17, 15) is 13.6 Å². The largest absolute Gasteiger partial charge is 0.445 e. The van der Waals surface area contributed by atoms with Gasteiger partial charge in [-0.3, -0.25) is 0 Å². The molecule has 2 rings (SSSR count). The minimum absolute atomic E-state index is 0.151. The lowest BCUT2D eigenvalue weighted by atomic mass is 10.2. The Labute approximate surface area is 103 Å². The highest BCUT2D eigenvalue weighted by molar-refractivity contribution is 5.68. The number of carbonyl (C=O) groups excluding carboxylic acids is 1. The van der Waals surface area contributed by atoms with Crippen LogP contribution in [0.15, 0.2) is 30.3 Å². The van der Waals surface area contributed by atoms with Gasteiger partial charge in [-0.15, -0.1) is 0 Å². The van der Waals surface area contributed by atoms with Gasteiger partial charge in [-0.25, -0.2) is 4.79 Å². The molecule has 1 aromatic rings. The highest BCUT2D eigenvalue weighted by Gasteiger charge is 2.34. The first-order chi connectivity index (χ1) is 8.65. The van der Waals surface area contributed by atoms with Crippen molar-refractivity contribution in [3.8, 4) is 0 Å². The molecule has 18 heavy (non-hydrogen) atoms. The number of amides is 1. The fraction of sp³-hybridized carbons (Fsp3) is 0.417. The molecule has 0 atom stereocenters. The molecular weight excluding hydrogens is 244 g/mol. The maximum absolute atomic E-state index is 11.8. The highest BCUT2D eigenvalue weighted by atomic mass is 19.3. The number of alkyl halides is 2. The molecule has 98 valence electrons. The van der Waals surface area contributed by atoms with Gasteiger partial charge in [0.1, 0.15) is 6.61 Å². The summed E-state index contributed by atoms with van der Waals surface area (Å²) >= 11 is 0. The van der Waals surface area contributed by atoms with E-state index in [2.05, 4.69) is 4.74 Å². The Kier molecular flexibility index (Phi) is 4.09. The Morgan fingerprint density at radius 1 is 1.33 bits per heavy atom. The maximum atomic E-state index is 11.8. The molecular formula is C12H13F2NO3. The molecule has 0 radical (unpaired) electrons. The molecule has 1 aromatic carbocycles. The molecule has 1 saturated heterocycles. The SMILES string of the molecule is O=C(OCc1ccccc1)N1CC(OC(F)F)C1. The number of carbonyl (C=O) groups is 1. The van der Waals surface area contributed by atoms with Crippen molar-refractivity contribution in [3.63, 3.8) is 0 Å². The van der Waals surface area contributed by atoms with Gasteiger partial charge < -0.3 is 14.4 Å². The Balaban J connectivity index is 1.68. The summed E-state index contributed by atoms with van der Waals surface area (Å²) in [6.45, 7) is -2.32. The van der Waals surface area contributed by atoms with Crippen LogP contribution < -0.4 is 0 Å². The van der Waals surface area contributed by atoms with Gasteiger partial charge in [0.25, 0.3) is 0 Å². The lowest BCUT2D eigenvalue weighted by Gasteiger charge is -2.37. The monoisotopic (exact) mass is 257 g/mol. The maximum Gasteiger partial charge on any atom is 0.410 e. The average molecular weight is 257 g/mol. The van der Waals surface area contributed by atoms with Crippen molar-refractivity contribution in [2.75, 3.05) is 13.1 Å². The van der Waals surface area contributed by atoms with Crippen LogP contribution in [0.3, 0.4) is 0 Å². The molecule has 0 aromatic heterocycles. The number of benzene rings is 1. The quantitative estimate of drug-likeness (QED) is 0.830. The third kappa shape index (κ3) is 3.40.